The Morgan fingerprint density at radius 1 is 1.27 bits per heavy atom. The average Bonchev–Trinajstić information content (AvgIpc) is 2.54. The molecule has 0 amide bonds. The van der Waals surface area contributed by atoms with Crippen molar-refractivity contribution in [3.8, 4) is 0 Å². The summed E-state index contributed by atoms with van der Waals surface area (Å²) in [4.78, 5) is 15.6. The molecule has 2 N–H and O–H groups in total. The predicted molar refractivity (Wildman–Crippen MR) is 102 cm³/mol. The van der Waals surface area contributed by atoms with Crippen molar-refractivity contribution in [3.63, 3.8) is 0 Å². The number of nitrogens with one attached hydrogen (secondary N) is 2. The lowest BCUT2D eigenvalue weighted by molar-refractivity contribution is 0.419. The molecule has 0 spiro atoms. The summed E-state index contributed by atoms with van der Waals surface area (Å²) in [6.45, 7) is 8.82. The smallest absolute Gasteiger partial charge is 0.225 e. The van der Waals surface area contributed by atoms with E-state index in [1.165, 1.54) is 12.8 Å². The van der Waals surface area contributed by atoms with Gasteiger partial charge in [0, 0.05) is 45.1 Å². The fraction of sp³-hybridized carbons (Fsp3) is 0.667. The van der Waals surface area contributed by atoms with Crippen molar-refractivity contribution >= 4 is 35.9 Å². The molecule has 0 bridgehead atoms. The lowest BCUT2D eigenvalue weighted by Crippen LogP contribution is -2.40. The minimum Gasteiger partial charge on any atom is -0.357 e. The van der Waals surface area contributed by atoms with Crippen LogP contribution in [0.25, 0.3) is 0 Å². The van der Waals surface area contributed by atoms with Crippen LogP contribution in [0.3, 0.4) is 0 Å². The molecule has 2 heterocycles. The van der Waals surface area contributed by atoms with Crippen LogP contribution in [0.15, 0.2) is 23.5 Å². The molecule has 0 saturated carbocycles. The molecule has 0 aliphatic carbocycles. The van der Waals surface area contributed by atoms with Crippen LogP contribution in [0, 0.1) is 5.92 Å². The van der Waals surface area contributed by atoms with Crippen molar-refractivity contribution in [1.29, 1.82) is 0 Å². The summed E-state index contributed by atoms with van der Waals surface area (Å²) >= 11 is 0. The Bertz CT molecular complexity index is 431. The zero-order chi connectivity index (χ0) is 14.9. The van der Waals surface area contributed by atoms with E-state index in [1.807, 2.05) is 6.07 Å². The van der Waals surface area contributed by atoms with Crippen molar-refractivity contribution in [2.75, 3.05) is 37.6 Å². The molecule has 1 unspecified atom stereocenters. The van der Waals surface area contributed by atoms with Gasteiger partial charge in [0.2, 0.25) is 5.95 Å². The van der Waals surface area contributed by atoms with Gasteiger partial charge in [0.25, 0.3) is 0 Å². The van der Waals surface area contributed by atoms with Crippen molar-refractivity contribution in [3.05, 3.63) is 18.5 Å². The fourth-order valence-electron chi connectivity index (χ4n) is 2.58. The minimum atomic E-state index is 0. The Labute approximate surface area is 150 Å². The van der Waals surface area contributed by atoms with Crippen LogP contribution >= 0.6 is 24.0 Å². The van der Waals surface area contributed by atoms with E-state index in [0.29, 0.717) is 5.92 Å². The zero-order valence-corrected chi connectivity index (χ0v) is 15.8. The first-order valence-electron chi connectivity index (χ1n) is 7.87. The standard InChI is InChI=1S/C15H26N6.HI/c1-3-16-14(17-4-2)20-11-13-7-5-10-21(12-13)15-18-8-6-9-19-15;/h6,8-9,13H,3-5,7,10-12H2,1-2H3,(H2,16,17,20);1H. The van der Waals surface area contributed by atoms with Gasteiger partial charge in [0.15, 0.2) is 5.96 Å². The van der Waals surface area contributed by atoms with Gasteiger partial charge >= 0.3 is 0 Å². The molecule has 1 saturated heterocycles. The van der Waals surface area contributed by atoms with Crippen molar-refractivity contribution in [1.82, 2.24) is 20.6 Å². The SMILES string of the molecule is CCNC(=NCC1CCCN(c2ncccn2)C1)NCC.I. The minimum absolute atomic E-state index is 0. The molecule has 22 heavy (non-hydrogen) atoms. The number of piperidine rings is 1. The van der Waals surface area contributed by atoms with Gasteiger partial charge in [-0.2, -0.15) is 0 Å². The zero-order valence-electron chi connectivity index (χ0n) is 13.5. The van der Waals surface area contributed by atoms with Gasteiger partial charge in [-0.1, -0.05) is 0 Å². The quantitative estimate of drug-likeness (QED) is 0.435. The molecular formula is C15H27IN6. The Morgan fingerprint density at radius 2 is 1.95 bits per heavy atom. The molecule has 0 radical (unpaired) electrons. The van der Waals surface area contributed by atoms with E-state index < -0.39 is 0 Å². The highest BCUT2D eigenvalue weighted by atomic mass is 127. The number of aromatic nitrogens is 2. The van der Waals surface area contributed by atoms with Gasteiger partial charge in [-0.25, -0.2) is 9.97 Å². The van der Waals surface area contributed by atoms with Gasteiger partial charge in [-0.3, -0.25) is 4.99 Å². The van der Waals surface area contributed by atoms with Gasteiger partial charge in [0.1, 0.15) is 0 Å². The summed E-state index contributed by atoms with van der Waals surface area (Å²) < 4.78 is 0. The summed E-state index contributed by atoms with van der Waals surface area (Å²) in [5.74, 6) is 2.31. The van der Waals surface area contributed by atoms with Crippen LogP contribution in [-0.2, 0) is 0 Å². The molecule has 1 atom stereocenters. The molecule has 2 rings (SSSR count). The van der Waals surface area contributed by atoms with E-state index in [2.05, 4.69) is 44.3 Å². The highest BCUT2D eigenvalue weighted by molar-refractivity contribution is 14.0. The number of hydrogen-bond donors (Lipinski definition) is 2. The summed E-state index contributed by atoms with van der Waals surface area (Å²) in [6, 6.07) is 1.86. The number of aliphatic imine (C=N–C) groups is 1. The largest absolute Gasteiger partial charge is 0.357 e. The van der Waals surface area contributed by atoms with Crippen LogP contribution in [0.5, 0.6) is 0 Å². The van der Waals surface area contributed by atoms with Crippen LogP contribution in [0.4, 0.5) is 5.95 Å². The van der Waals surface area contributed by atoms with Crippen LogP contribution < -0.4 is 15.5 Å². The Hall–Kier alpha value is -1.12. The lowest BCUT2D eigenvalue weighted by Gasteiger charge is -2.32. The maximum Gasteiger partial charge on any atom is 0.225 e. The lowest BCUT2D eigenvalue weighted by atomic mass is 9.98. The number of nitrogens with zero attached hydrogens (tertiary/aromatic N) is 4. The molecule has 1 aliphatic heterocycles. The Balaban J connectivity index is 0.00000242. The van der Waals surface area contributed by atoms with E-state index in [1.54, 1.807) is 12.4 Å². The van der Waals surface area contributed by atoms with E-state index in [4.69, 9.17) is 0 Å². The molecule has 124 valence electrons. The first-order chi connectivity index (χ1) is 10.3. The van der Waals surface area contributed by atoms with Crippen LogP contribution in [0.1, 0.15) is 26.7 Å². The second-order valence-electron chi connectivity index (χ2n) is 5.25. The van der Waals surface area contributed by atoms with Gasteiger partial charge in [0.05, 0.1) is 0 Å². The Morgan fingerprint density at radius 3 is 2.59 bits per heavy atom. The number of anilines is 1. The highest BCUT2D eigenvalue weighted by Crippen LogP contribution is 2.20. The Kier molecular flexibility index (Phi) is 9.10. The molecule has 7 heteroatoms. The fourth-order valence-corrected chi connectivity index (χ4v) is 2.58. The molecule has 1 fully saturated rings. The number of halogens is 1. The van der Waals surface area contributed by atoms with Crippen molar-refractivity contribution in [2.45, 2.75) is 26.7 Å². The number of rotatable bonds is 5. The molecule has 1 aromatic heterocycles. The molecule has 1 aromatic rings. The predicted octanol–water partition coefficient (Wildman–Crippen LogP) is 1.89. The maximum absolute atomic E-state index is 4.68. The topological polar surface area (TPSA) is 65.4 Å². The van der Waals surface area contributed by atoms with Crippen LogP contribution in [0.2, 0.25) is 0 Å². The molecule has 0 aromatic carbocycles. The number of hydrogen-bond acceptors (Lipinski definition) is 4. The normalized spacial score (nSPS) is 17.4. The van der Waals surface area contributed by atoms with Gasteiger partial charge in [-0.05, 0) is 38.7 Å². The molecule has 6 nitrogen and oxygen atoms in total. The van der Waals surface area contributed by atoms with Gasteiger partial charge in [-0.15, -0.1) is 24.0 Å². The first-order valence-corrected chi connectivity index (χ1v) is 7.87. The summed E-state index contributed by atoms with van der Waals surface area (Å²) in [5.41, 5.74) is 0. The second-order valence-corrected chi connectivity index (χ2v) is 5.25. The summed E-state index contributed by atoms with van der Waals surface area (Å²) in [5, 5.41) is 6.53. The maximum atomic E-state index is 4.68. The average molecular weight is 418 g/mol. The van der Waals surface area contributed by atoms with Crippen molar-refractivity contribution < 1.29 is 0 Å². The monoisotopic (exact) mass is 418 g/mol. The van der Waals surface area contributed by atoms with E-state index in [0.717, 1.165) is 44.6 Å². The second kappa shape index (κ2) is 10.6. The van der Waals surface area contributed by atoms with Crippen molar-refractivity contribution in [2.24, 2.45) is 10.9 Å². The third-order valence-electron chi connectivity index (χ3n) is 3.55. The first kappa shape index (κ1) is 18.9. The highest BCUT2D eigenvalue weighted by Gasteiger charge is 2.21. The van der Waals surface area contributed by atoms with Crippen LogP contribution in [-0.4, -0.2) is 48.7 Å². The third-order valence-corrected chi connectivity index (χ3v) is 3.55. The van der Waals surface area contributed by atoms with E-state index in [-0.39, 0.29) is 24.0 Å². The van der Waals surface area contributed by atoms with E-state index >= 15 is 0 Å². The molecular weight excluding hydrogens is 391 g/mol. The van der Waals surface area contributed by atoms with E-state index in [9.17, 15) is 0 Å². The third kappa shape index (κ3) is 5.94. The summed E-state index contributed by atoms with van der Waals surface area (Å²) in [7, 11) is 0. The molecule has 1 aliphatic rings. The van der Waals surface area contributed by atoms with Gasteiger partial charge < -0.3 is 15.5 Å². The number of guanidine groups is 1. The summed E-state index contributed by atoms with van der Waals surface area (Å²) in [6.07, 6.45) is 6.01.